The zero-order valence-corrected chi connectivity index (χ0v) is 12.5. The van der Waals surface area contributed by atoms with Gasteiger partial charge in [-0.2, -0.15) is 5.26 Å². The summed E-state index contributed by atoms with van der Waals surface area (Å²) in [6, 6.07) is 13.1. The summed E-state index contributed by atoms with van der Waals surface area (Å²) >= 11 is 3.50. The molecule has 1 aromatic carbocycles. The number of hydrogen-bond donors (Lipinski definition) is 1. The molecule has 0 radical (unpaired) electrons. The first-order valence-electron chi connectivity index (χ1n) is 6.24. The second-order valence-electron chi connectivity index (χ2n) is 4.12. The van der Waals surface area contributed by atoms with Crippen LogP contribution in [0.3, 0.4) is 0 Å². The molecule has 0 saturated carbocycles. The number of amides is 1. The van der Waals surface area contributed by atoms with E-state index in [1.54, 1.807) is 47.4 Å². The molecule has 0 saturated heterocycles. The van der Waals surface area contributed by atoms with E-state index in [4.69, 9.17) is 5.26 Å². The number of nitrogens with zero attached hydrogens (tertiary/aromatic N) is 1. The van der Waals surface area contributed by atoms with E-state index in [-0.39, 0.29) is 5.91 Å². The molecule has 3 nitrogen and oxygen atoms in total. The molecule has 1 aromatic heterocycles. The van der Waals surface area contributed by atoms with Gasteiger partial charge in [-0.15, -0.1) is 23.1 Å². The first-order chi connectivity index (χ1) is 9.78. The topological polar surface area (TPSA) is 52.9 Å². The molecule has 0 bridgehead atoms. The van der Waals surface area contributed by atoms with Gasteiger partial charge in [-0.3, -0.25) is 4.79 Å². The lowest BCUT2D eigenvalue weighted by Crippen LogP contribution is -2.11. The summed E-state index contributed by atoms with van der Waals surface area (Å²) in [5.41, 5.74) is 1.23. The lowest BCUT2D eigenvalue weighted by molar-refractivity contribution is -0.116. The van der Waals surface area contributed by atoms with Crippen LogP contribution in [0.5, 0.6) is 0 Å². The summed E-state index contributed by atoms with van der Waals surface area (Å²) in [7, 11) is 0. The van der Waals surface area contributed by atoms with Crippen LogP contribution in [-0.2, 0) is 4.79 Å². The molecule has 102 valence electrons. The molecule has 1 N–H and O–H groups in total. The average molecular weight is 302 g/mol. The fraction of sp³-hybridized carbons (Fsp3) is 0.200. The maximum atomic E-state index is 11.8. The molecule has 0 fully saturated rings. The first-order valence-corrected chi connectivity index (χ1v) is 8.11. The van der Waals surface area contributed by atoms with Crippen molar-refractivity contribution in [3.63, 3.8) is 0 Å². The highest BCUT2D eigenvalue weighted by molar-refractivity contribution is 8.01. The minimum Gasteiger partial charge on any atom is -0.326 e. The van der Waals surface area contributed by atoms with Crippen molar-refractivity contribution in [3.8, 4) is 6.07 Å². The largest absolute Gasteiger partial charge is 0.326 e. The Bertz CT molecular complexity index is 603. The number of nitrogens with one attached hydrogen (secondary N) is 1. The molecule has 0 aliphatic carbocycles. The summed E-state index contributed by atoms with van der Waals surface area (Å²) < 4.78 is 1.28. The summed E-state index contributed by atoms with van der Waals surface area (Å²) in [6.45, 7) is 0. The monoisotopic (exact) mass is 302 g/mol. The van der Waals surface area contributed by atoms with Crippen LogP contribution in [0.25, 0.3) is 0 Å². The van der Waals surface area contributed by atoms with Crippen LogP contribution in [0.4, 0.5) is 5.69 Å². The van der Waals surface area contributed by atoms with Gasteiger partial charge in [-0.25, -0.2) is 0 Å². The molecule has 0 unspecified atom stereocenters. The van der Waals surface area contributed by atoms with Crippen molar-refractivity contribution in [1.82, 2.24) is 0 Å². The molecule has 0 spiro atoms. The predicted molar refractivity (Wildman–Crippen MR) is 84.1 cm³/mol. The highest BCUT2D eigenvalue weighted by Crippen LogP contribution is 2.24. The van der Waals surface area contributed by atoms with Gasteiger partial charge >= 0.3 is 0 Å². The molecular formula is C15H14N2OS2. The van der Waals surface area contributed by atoms with E-state index in [0.29, 0.717) is 17.7 Å². The SMILES string of the molecule is N#Cc1cccc(NC(=O)CCCSc2cccs2)c1. The van der Waals surface area contributed by atoms with Gasteiger partial charge < -0.3 is 5.32 Å². The number of thiophene rings is 1. The first kappa shape index (κ1) is 14.6. The van der Waals surface area contributed by atoms with Gasteiger partial charge in [0.1, 0.15) is 0 Å². The fourth-order valence-corrected chi connectivity index (χ4v) is 3.44. The summed E-state index contributed by atoms with van der Waals surface area (Å²) in [5, 5.41) is 13.7. The third kappa shape index (κ3) is 4.72. The summed E-state index contributed by atoms with van der Waals surface area (Å²) in [4.78, 5) is 11.8. The number of carbonyl (C=O) groups excluding carboxylic acids is 1. The van der Waals surface area contributed by atoms with Gasteiger partial charge in [0.15, 0.2) is 0 Å². The number of anilines is 1. The van der Waals surface area contributed by atoms with E-state index in [9.17, 15) is 4.79 Å². The van der Waals surface area contributed by atoms with Crippen molar-refractivity contribution in [2.45, 2.75) is 17.1 Å². The standard InChI is InChI=1S/C15H14N2OS2/c16-11-12-4-1-5-13(10-12)17-14(18)6-2-8-19-15-7-3-9-20-15/h1,3-5,7,9-10H,2,6,8H2,(H,17,18). The number of benzene rings is 1. The summed E-state index contributed by atoms with van der Waals surface area (Å²) in [6.07, 6.45) is 1.33. The van der Waals surface area contributed by atoms with Crippen LogP contribution < -0.4 is 5.32 Å². The zero-order chi connectivity index (χ0) is 14.2. The third-order valence-corrected chi connectivity index (χ3v) is 4.78. The smallest absolute Gasteiger partial charge is 0.224 e. The molecule has 0 aliphatic rings. The second kappa shape index (κ2) is 7.73. The van der Waals surface area contributed by atoms with Gasteiger partial charge in [-0.1, -0.05) is 12.1 Å². The van der Waals surface area contributed by atoms with Gasteiger partial charge in [0.2, 0.25) is 5.91 Å². The number of thioether (sulfide) groups is 1. The highest BCUT2D eigenvalue weighted by Gasteiger charge is 2.03. The van der Waals surface area contributed by atoms with Crippen LogP contribution in [0.2, 0.25) is 0 Å². The molecule has 2 aromatic rings. The fourth-order valence-electron chi connectivity index (χ4n) is 1.64. The molecule has 0 atom stereocenters. The van der Waals surface area contributed by atoms with Crippen LogP contribution in [-0.4, -0.2) is 11.7 Å². The van der Waals surface area contributed by atoms with Crippen molar-refractivity contribution in [3.05, 3.63) is 47.3 Å². The lowest BCUT2D eigenvalue weighted by Gasteiger charge is -2.05. The van der Waals surface area contributed by atoms with Crippen molar-refractivity contribution < 1.29 is 4.79 Å². The Morgan fingerprint density at radius 1 is 1.35 bits per heavy atom. The van der Waals surface area contributed by atoms with E-state index in [0.717, 1.165) is 12.2 Å². The van der Waals surface area contributed by atoms with E-state index in [2.05, 4.69) is 22.8 Å². The normalized spacial score (nSPS) is 9.95. The van der Waals surface area contributed by atoms with Crippen LogP contribution in [0, 0.1) is 11.3 Å². The molecule has 1 amide bonds. The van der Waals surface area contributed by atoms with E-state index < -0.39 is 0 Å². The highest BCUT2D eigenvalue weighted by atomic mass is 32.2. The van der Waals surface area contributed by atoms with Gasteiger partial charge in [0.05, 0.1) is 15.8 Å². The van der Waals surface area contributed by atoms with Crippen LogP contribution in [0.1, 0.15) is 18.4 Å². The van der Waals surface area contributed by atoms with E-state index in [1.807, 2.05) is 6.07 Å². The van der Waals surface area contributed by atoms with Gasteiger partial charge in [0.25, 0.3) is 0 Å². The van der Waals surface area contributed by atoms with Crippen molar-refractivity contribution in [1.29, 1.82) is 5.26 Å². The van der Waals surface area contributed by atoms with Gasteiger partial charge in [-0.05, 0) is 41.8 Å². The molecular weight excluding hydrogens is 288 g/mol. The van der Waals surface area contributed by atoms with E-state index in [1.165, 1.54) is 4.21 Å². The van der Waals surface area contributed by atoms with Crippen molar-refractivity contribution >= 4 is 34.7 Å². The minimum absolute atomic E-state index is 0.00753. The number of nitriles is 1. The minimum atomic E-state index is -0.00753. The van der Waals surface area contributed by atoms with Crippen LogP contribution in [0.15, 0.2) is 46.0 Å². The van der Waals surface area contributed by atoms with Crippen molar-refractivity contribution in [2.75, 3.05) is 11.1 Å². The second-order valence-corrected chi connectivity index (χ2v) is 6.47. The van der Waals surface area contributed by atoms with Crippen LogP contribution >= 0.6 is 23.1 Å². The zero-order valence-electron chi connectivity index (χ0n) is 10.8. The Labute approximate surface area is 126 Å². The molecule has 20 heavy (non-hydrogen) atoms. The van der Waals surface area contributed by atoms with E-state index >= 15 is 0 Å². The van der Waals surface area contributed by atoms with Crippen molar-refractivity contribution in [2.24, 2.45) is 0 Å². The summed E-state index contributed by atoms with van der Waals surface area (Å²) in [5.74, 6) is 0.929. The molecule has 2 rings (SSSR count). The Morgan fingerprint density at radius 3 is 3.00 bits per heavy atom. The Kier molecular flexibility index (Phi) is 5.66. The Hall–Kier alpha value is -1.77. The third-order valence-electron chi connectivity index (χ3n) is 2.56. The van der Waals surface area contributed by atoms with Gasteiger partial charge in [0, 0.05) is 12.1 Å². The number of hydrogen-bond acceptors (Lipinski definition) is 4. The Morgan fingerprint density at radius 2 is 2.25 bits per heavy atom. The molecule has 1 heterocycles. The maximum absolute atomic E-state index is 11.8. The maximum Gasteiger partial charge on any atom is 0.224 e. The number of carbonyl (C=O) groups is 1. The predicted octanol–water partition coefficient (Wildman–Crippen LogP) is 4.13. The quantitative estimate of drug-likeness (QED) is 0.645. The Balaban J connectivity index is 1.71. The molecule has 5 heteroatoms. The lowest BCUT2D eigenvalue weighted by atomic mass is 10.2. The number of rotatable bonds is 6. The average Bonchev–Trinajstić information content (AvgIpc) is 2.97. The molecule has 0 aliphatic heterocycles.